The molecule has 0 aliphatic heterocycles. The molecule has 16 heteroatoms. The molecule has 0 bridgehead atoms. The third-order valence-corrected chi connectivity index (χ3v) is 0. The van der Waals surface area contributed by atoms with Crippen molar-refractivity contribution in [3.8, 4) is 0 Å². The van der Waals surface area contributed by atoms with E-state index in [4.69, 9.17) is 52.6 Å². The van der Waals surface area contributed by atoms with Crippen LogP contribution < -0.4 is 0 Å². The van der Waals surface area contributed by atoms with Gasteiger partial charge in [-0.1, -0.05) is 0 Å². The minimum atomic E-state index is -4.67. The first kappa shape index (κ1) is 25.5. The summed E-state index contributed by atoms with van der Waals surface area (Å²) in [4.78, 5) is 0. The summed E-state index contributed by atoms with van der Waals surface area (Å²) in [6.07, 6.45) is 0. The molecule has 0 atom stereocenters. The Morgan fingerprint density at radius 3 is 0.438 bits per heavy atom. The van der Waals surface area contributed by atoms with E-state index < -0.39 is 31.2 Å². The maximum absolute atomic E-state index is 8.74. The van der Waals surface area contributed by atoms with Gasteiger partial charge < -0.3 is 0 Å². The van der Waals surface area contributed by atoms with Crippen molar-refractivity contribution in [1.82, 2.24) is 0 Å². The van der Waals surface area contributed by atoms with Crippen LogP contribution in [0.5, 0.6) is 0 Å². The van der Waals surface area contributed by atoms with Crippen molar-refractivity contribution in [3.63, 3.8) is 0 Å². The number of rotatable bonds is 0. The second kappa shape index (κ2) is 9.71. The Hall–Kier alpha value is 0.714. The third-order valence-electron chi connectivity index (χ3n) is 0. The first-order valence-electron chi connectivity index (χ1n) is 2.10. The normalized spacial score (nSPS) is 10.9. The molecule has 12 nitrogen and oxygen atoms in total. The monoisotopic (exact) mass is 383 g/mol. The summed E-state index contributed by atoms with van der Waals surface area (Å²) in [5, 5.41) is 0. The van der Waals surface area contributed by atoms with E-state index in [0.717, 1.165) is 0 Å². The van der Waals surface area contributed by atoms with Gasteiger partial charge in [-0.2, -0.15) is 25.3 Å². The molecule has 0 fully saturated rings. The van der Waals surface area contributed by atoms with Gasteiger partial charge in [0.1, 0.15) is 0 Å². The van der Waals surface area contributed by atoms with Gasteiger partial charge in [0.2, 0.25) is 0 Å². The SMILES string of the molecule is O=S(=O)(O)O.O=S(=O)(O)O.O=S(=O)(O)O.[Y]. The molecule has 0 unspecified atom stereocenters. The molecule has 0 amide bonds. The van der Waals surface area contributed by atoms with E-state index in [1.54, 1.807) is 0 Å². The van der Waals surface area contributed by atoms with Gasteiger partial charge in [0.15, 0.2) is 0 Å². The molecule has 0 aliphatic carbocycles. The van der Waals surface area contributed by atoms with Crippen LogP contribution in [0.3, 0.4) is 0 Å². The van der Waals surface area contributed by atoms with Crippen molar-refractivity contribution in [3.05, 3.63) is 0 Å². The van der Waals surface area contributed by atoms with E-state index in [-0.39, 0.29) is 32.7 Å². The summed E-state index contributed by atoms with van der Waals surface area (Å²) >= 11 is 0. The van der Waals surface area contributed by atoms with E-state index in [9.17, 15) is 0 Å². The molecule has 0 aromatic heterocycles. The molecule has 99 valence electrons. The third kappa shape index (κ3) is 5430. The van der Waals surface area contributed by atoms with Gasteiger partial charge in [-0.05, 0) is 0 Å². The summed E-state index contributed by atoms with van der Waals surface area (Å²) in [5.74, 6) is 0. The van der Waals surface area contributed by atoms with E-state index in [1.165, 1.54) is 0 Å². The summed E-state index contributed by atoms with van der Waals surface area (Å²) < 4.78 is 94.8. The minimum absolute atomic E-state index is 0. The van der Waals surface area contributed by atoms with E-state index in [1.807, 2.05) is 0 Å². The molecule has 0 aliphatic rings. The van der Waals surface area contributed by atoms with Crippen LogP contribution in [-0.4, -0.2) is 52.6 Å². The van der Waals surface area contributed by atoms with Crippen molar-refractivity contribution < 1.29 is 85.3 Å². The zero-order valence-electron chi connectivity index (χ0n) is 6.93. The second-order valence-corrected chi connectivity index (χ2v) is 4.03. The second-order valence-electron chi connectivity index (χ2n) is 1.34. The first-order valence-corrected chi connectivity index (χ1v) is 6.29. The van der Waals surface area contributed by atoms with Crippen molar-refractivity contribution in [2.75, 3.05) is 0 Å². The van der Waals surface area contributed by atoms with Crippen LogP contribution in [0, 0.1) is 0 Å². The van der Waals surface area contributed by atoms with Crippen molar-refractivity contribution >= 4 is 31.2 Å². The quantitative estimate of drug-likeness (QED) is 0.251. The fourth-order valence-corrected chi connectivity index (χ4v) is 0. The molecule has 0 aromatic carbocycles. The van der Waals surface area contributed by atoms with Gasteiger partial charge in [0.05, 0.1) is 0 Å². The summed E-state index contributed by atoms with van der Waals surface area (Å²) in [6.45, 7) is 0. The van der Waals surface area contributed by atoms with Crippen LogP contribution in [0.25, 0.3) is 0 Å². The molecule has 16 heavy (non-hydrogen) atoms. The smallest absolute Gasteiger partial charge is 0.264 e. The molecule has 0 heterocycles. The van der Waals surface area contributed by atoms with Gasteiger partial charge in [-0.15, -0.1) is 0 Å². The molecule has 0 spiro atoms. The first-order chi connectivity index (χ1) is 6.00. The minimum Gasteiger partial charge on any atom is -0.264 e. The maximum atomic E-state index is 8.74. The molecule has 0 rings (SSSR count). The number of hydrogen-bond donors (Lipinski definition) is 6. The average Bonchev–Trinajstić information content (AvgIpc) is 1.41. The fourth-order valence-electron chi connectivity index (χ4n) is 0. The van der Waals surface area contributed by atoms with Gasteiger partial charge >= 0.3 is 31.2 Å². The Labute approximate surface area is 116 Å². The predicted molar refractivity (Wildman–Crippen MR) is 42.5 cm³/mol. The number of hydrogen-bond acceptors (Lipinski definition) is 6. The molecular weight excluding hydrogens is 377 g/mol. The van der Waals surface area contributed by atoms with Crippen molar-refractivity contribution in [2.45, 2.75) is 0 Å². The Kier molecular flexibility index (Phi) is 15.5. The molecule has 0 aromatic rings. The topological polar surface area (TPSA) is 224 Å². The Morgan fingerprint density at radius 1 is 0.438 bits per heavy atom. The Balaban J connectivity index is -0.0000000655. The summed E-state index contributed by atoms with van der Waals surface area (Å²) in [5.41, 5.74) is 0. The van der Waals surface area contributed by atoms with Crippen molar-refractivity contribution in [2.24, 2.45) is 0 Å². The molecule has 1 radical (unpaired) electrons. The molecule has 0 saturated carbocycles. The van der Waals surface area contributed by atoms with Crippen LogP contribution in [-0.2, 0) is 63.9 Å². The summed E-state index contributed by atoms with van der Waals surface area (Å²) in [6, 6.07) is 0. The Bertz CT molecular complexity index is 337. The fraction of sp³-hybridized carbons (Fsp3) is 0. The maximum Gasteiger partial charge on any atom is 0.394 e. The van der Waals surface area contributed by atoms with Gasteiger partial charge in [0, 0.05) is 32.7 Å². The van der Waals surface area contributed by atoms with Gasteiger partial charge in [-0.3, -0.25) is 27.3 Å². The zero-order valence-corrected chi connectivity index (χ0v) is 12.2. The standard InChI is InChI=1S/3H2O4S.Y/c3*1-5(2,3)4;/h3*(H2,1,2,3,4);. The van der Waals surface area contributed by atoms with Crippen LogP contribution in [0.2, 0.25) is 0 Å². The van der Waals surface area contributed by atoms with Crippen LogP contribution >= 0.6 is 0 Å². The van der Waals surface area contributed by atoms with Crippen molar-refractivity contribution in [1.29, 1.82) is 0 Å². The van der Waals surface area contributed by atoms with E-state index >= 15 is 0 Å². The van der Waals surface area contributed by atoms with Crippen LogP contribution in [0.1, 0.15) is 0 Å². The molecule has 0 saturated heterocycles. The van der Waals surface area contributed by atoms with Gasteiger partial charge in [-0.25, -0.2) is 0 Å². The molecular formula is H6O12S3Y. The largest absolute Gasteiger partial charge is 0.394 e. The summed E-state index contributed by atoms with van der Waals surface area (Å²) in [7, 11) is -14.0. The molecule has 6 N–H and O–H groups in total. The van der Waals surface area contributed by atoms with Crippen LogP contribution in [0.15, 0.2) is 0 Å². The van der Waals surface area contributed by atoms with E-state index in [0.29, 0.717) is 0 Å². The zero-order chi connectivity index (χ0) is 13.5. The van der Waals surface area contributed by atoms with Crippen LogP contribution in [0.4, 0.5) is 0 Å². The predicted octanol–water partition coefficient (Wildman–Crippen LogP) is -1.96. The average molecular weight is 383 g/mol. The van der Waals surface area contributed by atoms with Gasteiger partial charge in [0.25, 0.3) is 0 Å². The van der Waals surface area contributed by atoms with E-state index in [2.05, 4.69) is 0 Å². The Morgan fingerprint density at radius 2 is 0.438 bits per heavy atom.